The number of carboxylic acid groups (broad SMARTS) is 1. The zero-order chi connectivity index (χ0) is 48.4. The number of carboxylic acids is 1. The van der Waals surface area contributed by atoms with Crippen LogP contribution < -0.4 is 5.32 Å². The summed E-state index contributed by atoms with van der Waals surface area (Å²) in [6.07, 6.45) is -45.4. The first kappa shape index (κ1) is 53.9. The molecule has 29 heteroatoms. The van der Waals surface area contributed by atoms with Gasteiger partial charge in [0, 0.05) is 19.3 Å². The number of ether oxygens (including phenoxy) is 9. The standard InChI is InChI=1S/C36H61NO28/c1-9-11(43)3-36(35(55)56,65-27(9)18(45)12(44)4-38)57-8-16-21(48)29(63-33-25(52)22(49)19(46)13(5-39)59-33)17(37-10(2)42)32(61-16)64-30-20(47)14(6-40)60-34(26(30)53)62-28-15(7-41)58-31(54)24(51)23(28)50/h9,11-34,38-41,43-54H,3-8H2,1-2H3,(H,37,42)(H,55,56)/t9-,11-,12-,13?,14?,15?,16?,17?,18-,19+,20+,21-,22+,23-,24?,25?,26?,27?,28-,29-,30+,31?,32+,33+,34+,36-/m1/s1. The van der Waals surface area contributed by atoms with E-state index in [-0.39, 0.29) is 0 Å². The second-order valence-electron chi connectivity index (χ2n) is 16.5. The number of nitrogens with one attached hydrogen (secondary N) is 1. The van der Waals surface area contributed by atoms with Gasteiger partial charge in [0.25, 0.3) is 5.79 Å². The van der Waals surface area contributed by atoms with Gasteiger partial charge in [0.2, 0.25) is 5.91 Å². The monoisotopic (exact) mass is 955 g/mol. The van der Waals surface area contributed by atoms with Crippen LogP contribution in [0.3, 0.4) is 0 Å². The summed E-state index contributed by atoms with van der Waals surface area (Å²) in [5.74, 6) is -6.78. The van der Waals surface area contributed by atoms with Crippen molar-refractivity contribution in [2.75, 3.05) is 33.0 Å². The van der Waals surface area contributed by atoms with Crippen LogP contribution in [0.15, 0.2) is 0 Å². The minimum Gasteiger partial charge on any atom is -0.477 e. The Hall–Kier alpha value is -2.06. The number of aliphatic hydroxyl groups excluding tert-OH is 16. The van der Waals surface area contributed by atoms with E-state index >= 15 is 0 Å². The van der Waals surface area contributed by atoms with Crippen LogP contribution in [0.2, 0.25) is 0 Å². The molecule has 0 bridgehead atoms. The molecule has 18 N–H and O–H groups in total. The highest BCUT2D eigenvalue weighted by Gasteiger charge is 2.58. The van der Waals surface area contributed by atoms with E-state index in [1.165, 1.54) is 6.92 Å². The maximum absolute atomic E-state index is 12.8. The number of hydrogen-bond donors (Lipinski definition) is 18. The highest BCUT2D eigenvalue weighted by molar-refractivity contribution is 5.76. The Morgan fingerprint density at radius 2 is 1.18 bits per heavy atom. The van der Waals surface area contributed by atoms with Crippen molar-refractivity contribution < 1.29 is 139 Å². The topological polar surface area (TPSA) is 473 Å². The van der Waals surface area contributed by atoms with Gasteiger partial charge < -0.3 is 135 Å². The quantitative estimate of drug-likeness (QED) is 0.0644. The third-order valence-corrected chi connectivity index (χ3v) is 12.1. The van der Waals surface area contributed by atoms with Crippen molar-refractivity contribution in [3.63, 3.8) is 0 Å². The van der Waals surface area contributed by atoms with E-state index in [0.29, 0.717) is 0 Å². The summed E-state index contributed by atoms with van der Waals surface area (Å²) in [4.78, 5) is 25.6. The molecule has 5 fully saturated rings. The minimum absolute atomic E-state index is 0.845. The lowest BCUT2D eigenvalue weighted by molar-refractivity contribution is -0.383. The van der Waals surface area contributed by atoms with Crippen LogP contribution in [-0.4, -0.2) is 285 Å². The summed E-state index contributed by atoms with van der Waals surface area (Å²) in [6, 6.07) is -1.86. The summed E-state index contributed by atoms with van der Waals surface area (Å²) in [5.41, 5.74) is 0. The average molecular weight is 956 g/mol. The molecule has 5 aliphatic rings. The first-order valence-electron chi connectivity index (χ1n) is 20.6. The summed E-state index contributed by atoms with van der Waals surface area (Å²) in [6.45, 7) is -2.69. The molecule has 0 aliphatic carbocycles. The van der Waals surface area contributed by atoms with Gasteiger partial charge in [-0.2, -0.15) is 0 Å². The van der Waals surface area contributed by atoms with Gasteiger partial charge >= 0.3 is 5.97 Å². The van der Waals surface area contributed by atoms with Gasteiger partial charge in [-0.25, -0.2) is 4.79 Å². The van der Waals surface area contributed by atoms with Crippen LogP contribution in [0.25, 0.3) is 0 Å². The van der Waals surface area contributed by atoms with E-state index in [2.05, 4.69) is 5.32 Å². The van der Waals surface area contributed by atoms with E-state index in [4.69, 9.17) is 42.6 Å². The fourth-order valence-corrected chi connectivity index (χ4v) is 8.20. The first-order chi connectivity index (χ1) is 30.5. The molecule has 0 aromatic heterocycles. The number of rotatable bonds is 17. The van der Waals surface area contributed by atoms with Gasteiger partial charge in [-0.3, -0.25) is 4.79 Å². The fourth-order valence-electron chi connectivity index (χ4n) is 8.20. The molecular weight excluding hydrogens is 894 g/mol. The van der Waals surface area contributed by atoms with Crippen molar-refractivity contribution in [3.8, 4) is 0 Å². The molecule has 10 unspecified atom stereocenters. The van der Waals surface area contributed by atoms with Crippen molar-refractivity contribution in [3.05, 3.63) is 0 Å². The molecule has 0 radical (unpaired) electrons. The summed E-state index contributed by atoms with van der Waals surface area (Å²) >= 11 is 0. The lowest BCUT2D eigenvalue weighted by Crippen LogP contribution is -2.70. The van der Waals surface area contributed by atoms with Crippen LogP contribution in [0.1, 0.15) is 20.3 Å². The molecule has 0 saturated carbocycles. The van der Waals surface area contributed by atoms with E-state index in [9.17, 15) is 96.4 Å². The van der Waals surface area contributed by atoms with Crippen molar-refractivity contribution >= 4 is 11.9 Å². The molecule has 0 aromatic rings. The molecule has 5 heterocycles. The first-order valence-corrected chi connectivity index (χ1v) is 20.6. The zero-order valence-corrected chi connectivity index (χ0v) is 34.8. The lowest BCUT2D eigenvalue weighted by Gasteiger charge is -2.50. The third kappa shape index (κ3) is 11.4. The van der Waals surface area contributed by atoms with E-state index < -0.39 is 210 Å². The van der Waals surface area contributed by atoms with Crippen molar-refractivity contribution in [1.82, 2.24) is 5.32 Å². The minimum atomic E-state index is -2.90. The van der Waals surface area contributed by atoms with Crippen LogP contribution in [-0.2, 0) is 52.2 Å². The molecule has 65 heavy (non-hydrogen) atoms. The maximum atomic E-state index is 12.8. The second kappa shape index (κ2) is 22.6. The molecule has 5 saturated heterocycles. The zero-order valence-electron chi connectivity index (χ0n) is 34.8. The van der Waals surface area contributed by atoms with Gasteiger partial charge in [-0.05, 0) is 0 Å². The SMILES string of the molecule is CC(=O)NC1[C@H](O[C@@H]2C(O)[C@H](O[C@@H]3C(CO)OC(O)C(O)[C@H]3O)OC(CO)[C@@H]2O)OC(CO[C@]2(C(=O)O)C[C@@H](O)[C@@H](C)C([C@H](O)[C@H](O)CO)O2)[C@@H](O)[C@@H]1O[C@@H]1OC(CO)[C@H](O)[C@H](O)C1O. The second-order valence-corrected chi connectivity index (χ2v) is 16.5. The lowest BCUT2D eigenvalue weighted by atomic mass is 9.84. The van der Waals surface area contributed by atoms with Crippen LogP contribution in [0.4, 0.5) is 0 Å². The molecule has 5 aliphatic heterocycles. The number of aliphatic hydroxyl groups is 16. The largest absolute Gasteiger partial charge is 0.477 e. The predicted octanol–water partition coefficient (Wildman–Crippen LogP) is -11.3. The van der Waals surface area contributed by atoms with Crippen LogP contribution in [0, 0.1) is 5.92 Å². The molecule has 0 aromatic carbocycles. The van der Waals surface area contributed by atoms with Gasteiger partial charge in [0.15, 0.2) is 25.2 Å². The van der Waals surface area contributed by atoms with Crippen molar-refractivity contribution in [2.45, 2.75) is 173 Å². The van der Waals surface area contributed by atoms with Gasteiger partial charge in [0.1, 0.15) is 110 Å². The third-order valence-electron chi connectivity index (χ3n) is 12.1. The normalized spacial score (nSPS) is 48.3. The van der Waals surface area contributed by atoms with Gasteiger partial charge in [-0.15, -0.1) is 0 Å². The van der Waals surface area contributed by atoms with Crippen molar-refractivity contribution in [1.29, 1.82) is 0 Å². The average Bonchev–Trinajstić information content (AvgIpc) is 3.27. The van der Waals surface area contributed by atoms with E-state index in [0.717, 1.165) is 6.92 Å². The Labute approximate surface area is 368 Å². The molecule has 5 rings (SSSR count). The van der Waals surface area contributed by atoms with E-state index in [1.807, 2.05) is 0 Å². The molecule has 378 valence electrons. The summed E-state index contributed by atoms with van der Waals surface area (Å²) < 4.78 is 50.9. The summed E-state index contributed by atoms with van der Waals surface area (Å²) in [7, 11) is 0. The molecule has 29 nitrogen and oxygen atoms in total. The molecule has 26 atom stereocenters. The van der Waals surface area contributed by atoms with Gasteiger partial charge in [-0.1, -0.05) is 6.92 Å². The highest BCUT2D eigenvalue weighted by Crippen LogP contribution is 2.39. The number of carbonyl (C=O) groups excluding carboxylic acids is 1. The van der Waals surface area contributed by atoms with E-state index in [1.54, 1.807) is 0 Å². The highest BCUT2D eigenvalue weighted by atomic mass is 16.8. The molecule has 0 spiro atoms. The van der Waals surface area contributed by atoms with Gasteiger partial charge in [0.05, 0.1) is 45.2 Å². The van der Waals surface area contributed by atoms with Crippen LogP contribution in [0.5, 0.6) is 0 Å². The number of carbonyl (C=O) groups is 2. The Bertz CT molecular complexity index is 1530. The fraction of sp³-hybridized carbons (Fsp3) is 0.944. The summed E-state index contributed by atoms with van der Waals surface area (Å²) in [5, 5.41) is 181. The number of aliphatic carboxylic acids is 1. The molecule has 1 amide bonds. The van der Waals surface area contributed by atoms with Crippen molar-refractivity contribution in [2.24, 2.45) is 5.92 Å². The Morgan fingerprint density at radius 3 is 1.75 bits per heavy atom. The predicted molar refractivity (Wildman–Crippen MR) is 198 cm³/mol. The maximum Gasteiger partial charge on any atom is 0.364 e. The number of amides is 1. The smallest absolute Gasteiger partial charge is 0.364 e. The number of hydrogen-bond acceptors (Lipinski definition) is 27. The van der Waals surface area contributed by atoms with Crippen LogP contribution >= 0.6 is 0 Å². The molecular formula is C36H61NO28. The Morgan fingerprint density at radius 1 is 0.646 bits per heavy atom. The Balaban J connectivity index is 1.51. The Kier molecular flexibility index (Phi) is 18.7.